The summed E-state index contributed by atoms with van der Waals surface area (Å²) in [5.74, 6) is -3.17. The van der Waals surface area contributed by atoms with Crippen LogP contribution in [0.2, 0.25) is 0 Å². The Morgan fingerprint density at radius 1 is 0.714 bits per heavy atom. The fourth-order valence-electron chi connectivity index (χ4n) is 6.03. The van der Waals surface area contributed by atoms with Crippen molar-refractivity contribution in [3.63, 3.8) is 0 Å². The van der Waals surface area contributed by atoms with Crippen LogP contribution in [0, 0.1) is 11.3 Å². The van der Waals surface area contributed by atoms with Gasteiger partial charge < -0.3 is 58.0 Å². The maximum Gasteiger partial charge on any atom is 0.407 e. The zero-order valence-electron chi connectivity index (χ0n) is 31.5. The first-order valence-corrected chi connectivity index (χ1v) is 18.7. The molecule has 306 valence electrons. The first kappa shape index (κ1) is 44.5. The molecule has 1 fully saturated rings. The Kier molecular flexibility index (Phi) is 19.5. The number of primary amides is 2. The van der Waals surface area contributed by atoms with Gasteiger partial charge in [-0.2, -0.15) is 0 Å². The summed E-state index contributed by atoms with van der Waals surface area (Å²) in [5.41, 5.74) is 17.9. The molecule has 1 aliphatic rings. The molecule has 3 rings (SSSR count). The Bertz CT molecular complexity index is 1580. The predicted octanol–water partition coefficient (Wildman–Crippen LogP) is 0.809. The molecule has 0 aliphatic carbocycles. The van der Waals surface area contributed by atoms with E-state index in [1.54, 1.807) is 30.3 Å². The minimum absolute atomic E-state index is 0.00609. The van der Waals surface area contributed by atoms with Gasteiger partial charge >= 0.3 is 12.2 Å². The SMILES string of the molecule is N=C(N)NCCC[C@@H](NC(=O)[C@H](Cc1ccccc1)OC(N)=O)C(=O)N[C@@H](CC1CCOCC1)C(=O)N[C@@H](CCCCNC(=O)OCc1ccccc1)C(N)=O. The second kappa shape index (κ2) is 24.5. The zero-order chi connectivity index (χ0) is 40.7. The molecule has 0 spiro atoms. The Labute approximate surface area is 326 Å². The number of unbranched alkanes of at least 4 members (excludes halogenated alkanes) is 1. The summed E-state index contributed by atoms with van der Waals surface area (Å²) < 4.78 is 15.8. The van der Waals surface area contributed by atoms with E-state index in [-0.39, 0.29) is 63.7 Å². The second-order valence-electron chi connectivity index (χ2n) is 13.5. The van der Waals surface area contributed by atoms with Crippen molar-refractivity contribution < 1.29 is 43.0 Å². The normalized spacial score (nSPS) is 14.8. The predicted molar refractivity (Wildman–Crippen MR) is 205 cm³/mol. The summed E-state index contributed by atoms with van der Waals surface area (Å²) in [6, 6.07) is 14.6. The number of nitrogens with two attached hydrogens (primary N) is 3. The van der Waals surface area contributed by atoms with E-state index in [0.29, 0.717) is 44.5 Å². The number of hydrogen-bond acceptors (Lipinski definition) is 10. The molecule has 6 amide bonds. The highest BCUT2D eigenvalue weighted by Gasteiger charge is 2.33. The molecule has 56 heavy (non-hydrogen) atoms. The fraction of sp³-hybridized carbons (Fsp3) is 0.500. The van der Waals surface area contributed by atoms with Crippen molar-refractivity contribution in [1.82, 2.24) is 26.6 Å². The van der Waals surface area contributed by atoms with Crippen molar-refractivity contribution >= 4 is 41.8 Å². The highest BCUT2D eigenvalue weighted by Crippen LogP contribution is 2.21. The molecule has 1 saturated heterocycles. The van der Waals surface area contributed by atoms with Gasteiger partial charge in [-0.3, -0.25) is 24.6 Å². The lowest BCUT2D eigenvalue weighted by molar-refractivity contribution is -0.136. The van der Waals surface area contributed by atoms with Crippen LogP contribution < -0.4 is 43.8 Å². The van der Waals surface area contributed by atoms with Crippen molar-refractivity contribution in [3.05, 3.63) is 71.8 Å². The van der Waals surface area contributed by atoms with Gasteiger partial charge in [-0.15, -0.1) is 0 Å². The molecule has 18 heteroatoms. The third-order valence-electron chi connectivity index (χ3n) is 9.04. The first-order valence-electron chi connectivity index (χ1n) is 18.7. The lowest BCUT2D eigenvalue weighted by Crippen LogP contribution is -2.57. The van der Waals surface area contributed by atoms with Crippen LogP contribution in [0.5, 0.6) is 0 Å². The number of benzene rings is 2. The van der Waals surface area contributed by atoms with Crippen LogP contribution >= 0.6 is 0 Å². The molecular formula is C38H55N9O9. The number of carbonyl (C=O) groups is 6. The molecule has 1 aliphatic heterocycles. The van der Waals surface area contributed by atoms with Gasteiger partial charge in [-0.05, 0) is 68.4 Å². The quantitative estimate of drug-likeness (QED) is 0.0432. The van der Waals surface area contributed by atoms with E-state index in [2.05, 4.69) is 26.6 Å². The van der Waals surface area contributed by atoms with E-state index in [0.717, 1.165) is 5.56 Å². The minimum Gasteiger partial charge on any atom is -0.445 e. The highest BCUT2D eigenvalue weighted by atomic mass is 16.6. The molecule has 0 aromatic heterocycles. The van der Waals surface area contributed by atoms with Gasteiger partial charge in [0.1, 0.15) is 24.7 Å². The molecule has 2 aromatic rings. The number of carbonyl (C=O) groups excluding carboxylic acids is 6. The highest BCUT2D eigenvalue weighted by molar-refractivity contribution is 5.94. The van der Waals surface area contributed by atoms with Gasteiger partial charge in [0.2, 0.25) is 17.7 Å². The van der Waals surface area contributed by atoms with Crippen molar-refractivity contribution in [2.75, 3.05) is 26.3 Å². The lowest BCUT2D eigenvalue weighted by Gasteiger charge is -2.29. The van der Waals surface area contributed by atoms with E-state index < -0.39 is 60.0 Å². The molecule has 0 radical (unpaired) electrons. The van der Waals surface area contributed by atoms with E-state index in [1.807, 2.05) is 30.3 Å². The summed E-state index contributed by atoms with van der Waals surface area (Å²) in [6.45, 7) is 1.55. The van der Waals surface area contributed by atoms with Crippen molar-refractivity contribution in [2.24, 2.45) is 23.1 Å². The topological polar surface area (TPSA) is 292 Å². The third kappa shape index (κ3) is 17.5. The van der Waals surface area contributed by atoms with Gasteiger partial charge in [0, 0.05) is 32.7 Å². The molecule has 12 N–H and O–H groups in total. The molecule has 2 aromatic carbocycles. The maximum absolute atomic E-state index is 13.9. The monoisotopic (exact) mass is 781 g/mol. The summed E-state index contributed by atoms with van der Waals surface area (Å²) in [5, 5.41) is 20.8. The lowest BCUT2D eigenvalue weighted by atomic mass is 9.91. The van der Waals surface area contributed by atoms with Crippen molar-refractivity contribution in [1.29, 1.82) is 5.41 Å². The van der Waals surface area contributed by atoms with Crippen LogP contribution in [-0.2, 0) is 46.4 Å². The number of alkyl carbamates (subject to hydrolysis) is 1. The average Bonchev–Trinajstić information content (AvgIpc) is 3.17. The van der Waals surface area contributed by atoms with Gasteiger partial charge in [0.25, 0.3) is 5.91 Å². The molecule has 18 nitrogen and oxygen atoms in total. The Hall–Kier alpha value is -5.91. The van der Waals surface area contributed by atoms with Crippen molar-refractivity contribution in [2.45, 2.75) is 88.6 Å². The van der Waals surface area contributed by atoms with Gasteiger partial charge in [0.15, 0.2) is 12.1 Å². The molecule has 4 atom stereocenters. The molecular weight excluding hydrogens is 726 g/mol. The third-order valence-corrected chi connectivity index (χ3v) is 9.04. The largest absolute Gasteiger partial charge is 0.445 e. The number of rotatable bonds is 23. The Morgan fingerprint density at radius 2 is 1.29 bits per heavy atom. The van der Waals surface area contributed by atoms with Crippen LogP contribution in [0.3, 0.4) is 0 Å². The summed E-state index contributed by atoms with van der Waals surface area (Å²) in [6.07, 6.45) is -0.268. The molecule has 0 unspecified atom stereocenters. The Morgan fingerprint density at radius 3 is 1.91 bits per heavy atom. The second-order valence-corrected chi connectivity index (χ2v) is 13.5. The maximum atomic E-state index is 13.9. The van der Waals surface area contributed by atoms with Crippen LogP contribution in [-0.4, -0.2) is 92.3 Å². The van der Waals surface area contributed by atoms with Crippen LogP contribution in [0.4, 0.5) is 9.59 Å². The van der Waals surface area contributed by atoms with Gasteiger partial charge in [-0.25, -0.2) is 9.59 Å². The van der Waals surface area contributed by atoms with Crippen LogP contribution in [0.15, 0.2) is 60.7 Å². The number of ether oxygens (including phenoxy) is 3. The number of amides is 6. The minimum atomic E-state index is -1.37. The first-order chi connectivity index (χ1) is 26.9. The van der Waals surface area contributed by atoms with Crippen LogP contribution in [0.25, 0.3) is 0 Å². The van der Waals surface area contributed by atoms with E-state index in [1.165, 1.54) is 0 Å². The smallest absolute Gasteiger partial charge is 0.407 e. The summed E-state index contributed by atoms with van der Waals surface area (Å²) in [7, 11) is 0. The summed E-state index contributed by atoms with van der Waals surface area (Å²) >= 11 is 0. The number of hydrogen-bond donors (Lipinski definition) is 9. The van der Waals surface area contributed by atoms with E-state index in [4.69, 9.17) is 36.8 Å². The standard InChI is InChI=1S/C38H55N9O9/c39-32(48)28(14-7-8-18-44-38(53)55-24-27-12-5-2-6-13-27)45-34(50)30(22-26-16-20-54-21-17-26)47-33(49)29(15-9-19-43-36(40)41)46-35(51)31(56-37(42)52)23-25-10-3-1-4-11-25/h1-6,10-13,26,28-31H,7-9,14-24H2,(H2,39,48)(H2,42,52)(H,44,53)(H,45,50)(H,46,51)(H,47,49)(H4,40,41,43)/t28-,29+,30-,31-/m0/s1. The molecule has 1 heterocycles. The summed E-state index contributed by atoms with van der Waals surface area (Å²) in [4.78, 5) is 77.5. The van der Waals surface area contributed by atoms with E-state index in [9.17, 15) is 28.8 Å². The van der Waals surface area contributed by atoms with E-state index >= 15 is 0 Å². The molecule has 0 bridgehead atoms. The fourth-order valence-corrected chi connectivity index (χ4v) is 6.03. The number of nitrogens with one attached hydrogen (secondary N) is 6. The zero-order valence-corrected chi connectivity index (χ0v) is 31.5. The Balaban J connectivity index is 1.67. The van der Waals surface area contributed by atoms with Gasteiger partial charge in [0.05, 0.1) is 0 Å². The van der Waals surface area contributed by atoms with Gasteiger partial charge in [-0.1, -0.05) is 60.7 Å². The average molecular weight is 782 g/mol. The van der Waals surface area contributed by atoms with Crippen molar-refractivity contribution in [3.8, 4) is 0 Å². The molecule has 0 saturated carbocycles. The van der Waals surface area contributed by atoms with Crippen LogP contribution in [0.1, 0.15) is 62.5 Å². The number of guanidine groups is 1.